The number of hydrogen-bond donors (Lipinski definition) is 0. The summed E-state index contributed by atoms with van der Waals surface area (Å²) in [4.78, 5) is 10.0. The van der Waals surface area contributed by atoms with Crippen LogP contribution in [-0.2, 0) is 6.54 Å². The molecule has 120 valence electrons. The molecule has 0 radical (unpaired) electrons. The number of aromatic nitrogens is 4. The van der Waals surface area contributed by atoms with E-state index in [0.717, 1.165) is 12.4 Å². The van der Waals surface area contributed by atoms with Gasteiger partial charge >= 0.3 is 0 Å². The summed E-state index contributed by atoms with van der Waals surface area (Å²) in [6.45, 7) is 2.95. The first-order valence-electron chi connectivity index (χ1n) is 7.91. The Morgan fingerprint density at radius 1 is 1.08 bits per heavy atom. The fourth-order valence-corrected chi connectivity index (χ4v) is 3.89. The van der Waals surface area contributed by atoms with E-state index in [2.05, 4.69) is 74.0 Å². The molecule has 0 aliphatic heterocycles. The molecule has 0 spiro atoms. The van der Waals surface area contributed by atoms with Crippen LogP contribution in [-0.4, -0.2) is 19.1 Å². The average Bonchev–Trinajstić information content (AvgIpc) is 3.35. The lowest BCUT2D eigenvalue weighted by molar-refractivity contribution is 0.497. The van der Waals surface area contributed by atoms with E-state index in [1.54, 1.807) is 11.3 Å². The maximum absolute atomic E-state index is 4.64. The minimum atomic E-state index is 0.166. The molecule has 0 N–H and O–H groups in total. The van der Waals surface area contributed by atoms with Crippen LogP contribution in [0, 0.1) is 6.92 Å². The smallest absolute Gasteiger partial charge is 0.150 e. The Labute approximate surface area is 145 Å². The second kappa shape index (κ2) is 6.45. The lowest BCUT2D eigenvalue weighted by Crippen LogP contribution is -2.17. The van der Waals surface area contributed by atoms with Gasteiger partial charge in [0.15, 0.2) is 5.82 Å². The monoisotopic (exact) mass is 334 g/mol. The summed E-state index contributed by atoms with van der Waals surface area (Å²) in [6, 6.07) is 12.9. The molecule has 5 heteroatoms. The summed E-state index contributed by atoms with van der Waals surface area (Å²) < 4.78 is 4.39. The third kappa shape index (κ3) is 2.78. The maximum Gasteiger partial charge on any atom is 0.150 e. The van der Waals surface area contributed by atoms with Gasteiger partial charge in [-0.05, 0) is 29.5 Å². The van der Waals surface area contributed by atoms with Gasteiger partial charge in [-0.25, -0.2) is 9.97 Å². The van der Waals surface area contributed by atoms with Gasteiger partial charge in [0.05, 0.1) is 17.2 Å². The zero-order valence-corrected chi connectivity index (χ0v) is 14.2. The molecule has 0 fully saturated rings. The fourth-order valence-electron chi connectivity index (χ4n) is 2.97. The van der Waals surface area contributed by atoms with Crippen molar-refractivity contribution < 1.29 is 0 Å². The molecule has 0 saturated heterocycles. The second-order valence-electron chi connectivity index (χ2n) is 5.78. The maximum atomic E-state index is 4.64. The molecule has 4 rings (SSSR count). The molecule has 3 heterocycles. The first kappa shape index (κ1) is 14.9. The van der Waals surface area contributed by atoms with Crippen molar-refractivity contribution >= 4 is 11.3 Å². The van der Waals surface area contributed by atoms with Crippen LogP contribution in [0.2, 0.25) is 0 Å². The summed E-state index contributed by atoms with van der Waals surface area (Å²) in [5.74, 6) is 1.02. The number of aryl methyl sites for hydroxylation is 1. The minimum absolute atomic E-state index is 0.166. The number of hydrogen-bond acceptors (Lipinski definition) is 3. The van der Waals surface area contributed by atoms with Crippen molar-refractivity contribution in [1.82, 2.24) is 19.1 Å². The molecule has 0 amide bonds. The van der Waals surface area contributed by atoms with Gasteiger partial charge in [-0.2, -0.15) is 0 Å². The van der Waals surface area contributed by atoms with E-state index < -0.39 is 0 Å². The van der Waals surface area contributed by atoms with E-state index in [9.17, 15) is 0 Å². The highest BCUT2D eigenvalue weighted by Gasteiger charge is 2.19. The van der Waals surface area contributed by atoms with Gasteiger partial charge in [0.25, 0.3) is 0 Å². The zero-order valence-electron chi connectivity index (χ0n) is 13.4. The zero-order chi connectivity index (χ0) is 16.4. The number of nitrogens with zero attached hydrogens (tertiary/aromatic N) is 4. The third-order valence-electron chi connectivity index (χ3n) is 4.20. The van der Waals surface area contributed by atoms with Gasteiger partial charge in [-0.1, -0.05) is 30.3 Å². The lowest BCUT2D eigenvalue weighted by atomic mass is 10.1. The van der Waals surface area contributed by atoms with Crippen molar-refractivity contribution in [3.8, 4) is 10.7 Å². The van der Waals surface area contributed by atoms with Crippen LogP contribution in [0.4, 0.5) is 0 Å². The van der Waals surface area contributed by atoms with Gasteiger partial charge in [-0.15, -0.1) is 11.3 Å². The molecule has 4 aromatic rings. The Hall–Kier alpha value is -2.66. The predicted octanol–water partition coefficient (Wildman–Crippen LogP) is 4.41. The van der Waals surface area contributed by atoms with Crippen molar-refractivity contribution in [2.75, 3.05) is 0 Å². The Balaban J connectivity index is 1.80. The molecule has 0 bridgehead atoms. The Bertz CT molecular complexity index is 906. The van der Waals surface area contributed by atoms with E-state index in [1.807, 2.05) is 24.9 Å². The largest absolute Gasteiger partial charge is 0.335 e. The van der Waals surface area contributed by atoms with Crippen LogP contribution < -0.4 is 0 Å². The fraction of sp³-hybridized carbons (Fsp3) is 0.158. The van der Waals surface area contributed by atoms with E-state index in [0.29, 0.717) is 0 Å². The van der Waals surface area contributed by atoms with Crippen molar-refractivity contribution in [2.45, 2.75) is 19.5 Å². The molecule has 4 nitrogen and oxygen atoms in total. The average molecular weight is 334 g/mol. The van der Waals surface area contributed by atoms with Crippen LogP contribution in [0.25, 0.3) is 10.7 Å². The third-order valence-corrected chi connectivity index (χ3v) is 5.21. The van der Waals surface area contributed by atoms with Crippen LogP contribution in [0.5, 0.6) is 0 Å². The van der Waals surface area contributed by atoms with Crippen LogP contribution in [0.15, 0.2) is 72.9 Å². The minimum Gasteiger partial charge on any atom is -0.335 e. The summed E-state index contributed by atoms with van der Waals surface area (Å²) >= 11 is 1.74. The topological polar surface area (TPSA) is 35.6 Å². The van der Waals surface area contributed by atoms with E-state index >= 15 is 0 Å². The standard InChI is InChI=1S/C19H18N4S/c1-15-7-12-24-18(15)19-21-9-11-23(19)17(13-22-10-8-20-14-22)16-5-3-2-4-6-16/h2-12,14,17H,13H2,1H3/t17-/m1/s1. The van der Waals surface area contributed by atoms with Gasteiger partial charge in [0, 0.05) is 31.3 Å². The molecule has 3 aromatic heterocycles. The molecular formula is C19H18N4S. The van der Waals surface area contributed by atoms with Crippen LogP contribution >= 0.6 is 11.3 Å². The molecule has 24 heavy (non-hydrogen) atoms. The van der Waals surface area contributed by atoms with Gasteiger partial charge in [0.2, 0.25) is 0 Å². The molecule has 0 unspecified atom stereocenters. The van der Waals surface area contributed by atoms with Crippen molar-refractivity contribution in [3.63, 3.8) is 0 Å². The van der Waals surface area contributed by atoms with Crippen molar-refractivity contribution in [1.29, 1.82) is 0 Å². The molecule has 0 aliphatic carbocycles. The van der Waals surface area contributed by atoms with E-state index in [4.69, 9.17) is 0 Å². The summed E-state index contributed by atoms with van der Waals surface area (Å²) in [5.41, 5.74) is 2.53. The number of thiophene rings is 1. The van der Waals surface area contributed by atoms with Crippen molar-refractivity contribution in [2.24, 2.45) is 0 Å². The normalized spacial score (nSPS) is 12.4. The lowest BCUT2D eigenvalue weighted by Gasteiger charge is -2.22. The van der Waals surface area contributed by atoms with E-state index in [-0.39, 0.29) is 6.04 Å². The second-order valence-corrected chi connectivity index (χ2v) is 6.69. The van der Waals surface area contributed by atoms with Crippen LogP contribution in [0.3, 0.4) is 0 Å². The van der Waals surface area contributed by atoms with Gasteiger partial charge < -0.3 is 9.13 Å². The number of benzene rings is 1. The van der Waals surface area contributed by atoms with E-state index in [1.165, 1.54) is 16.0 Å². The van der Waals surface area contributed by atoms with Crippen molar-refractivity contribution in [3.05, 3.63) is 84.0 Å². The first-order chi connectivity index (χ1) is 11.8. The highest BCUT2D eigenvalue weighted by atomic mass is 32.1. The highest BCUT2D eigenvalue weighted by molar-refractivity contribution is 7.13. The molecule has 0 saturated carbocycles. The summed E-state index contributed by atoms with van der Waals surface area (Å²) in [6.07, 6.45) is 9.65. The summed E-state index contributed by atoms with van der Waals surface area (Å²) in [5, 5.41) is 2.12. The van der Waals surface area contributed by atoms with Gasteiger partial charge in [0.1, 0.15) is 0 Å². The predicted molar refractivity (Wildman–Crippen MR) is 97.1 cm³/mol. The number of imidazole rings is 2. The Morgan fingerprint density at radius 2 is 1.96 bits per heavy atom. The molecule has 1 aromatic carbocycles. The number of rotatable bonds is 5. The van der Waals surface area contributed by atoms with Crippen LogP contribution in [0.1, 0.15) is 17.2 Å². The van der Waals surface area contributed by atoms with Gasteiger partial charge in [-0.3, -0.25) is 0 Å². The Morgan fingerprint density at radius 3 is 2.67 bits per heavy atom. The quantitative estimate of drug-likeness (QED) is 0.542. The molecule has 1 atom stereocenters. The highest BCUT2D eigenvalue weighted by Crippen LogP contribution is 2.32. The summed E-state index contributed by atoms with van der Waals surface area (Å²) in [7, 11) is 0. The molecular weight excluding hydrogens is 316 g/mol. The first-order valence-corrected chi connectivity index (χ1v) is 8.79. The SMILES string of the molecule is Cc1ccsc1-c1nccn1[C@H](Cn1ccnc1)c1ccccc1. The Kier molecular flexibility index (Phi) is 4.01. The molecule has 0 aliphatic rings.